The maximum Gasteiger partial charge on any atom is 0.477 e. The summed E-state index contributed by atoms with van der Waals surface area (Å²) in [6.45, 7) is 0. The van der Waals surface area contributed by atoms with Crippen molar-refractivity contribution in [3.8, 4) is 0 Å². The molecule has 0 radical (unpaired) electrons. The molecule has 1 heterocycles. The summed E-state index contributed by atoms with van der Waals surface area (Å²) in [5.74, 6) is 0. The maximum atomic E-state index is 11.7. The van der Waals surface area contributed by atoms with Crippen molar-refractivity contribution in [2.45, 2.75) is 10.5 Å². The first-order chi connectivity index (χ1) is 5.02. The molecule has 1 aromatic heterocycles. The van der Waals surface area contributed by atoms with Gasteiger partial charge in [0.2, 0.25) is 0 Å². The summed E-state index contributed by atoms with van der Waals surface area (Å²) in [6.07, 6.45) is 1.29. The first kappa shape index (κ1) is 8.32. The van der Waals surface area contributed by atoms with Gasteiger partial charge in [0.15, 0.2) is 10.8 Å². The van der Waals surface area contributed by atoms with Crippen LogP contribution in [-0.4, -0.2) is 14.7 Å². The van der Waals surface area contributed by atoms with Crippen LogP contribution in [0.3, 0.4) is 0 Å². The van der Waals surface area contributed by atoms with Gasteiger partial charge >= 0.3 is 5.51 Å². The van der Waals surface area contributed by atoms with Crippen LogP contribution in [0.1, 0.15) is 0 Å². The molecule has 0 bridgehead atoms. The van der Waals surface area contributed by atoms with Crippen molar-refractivity contribution in [3.05, 3.63) is 18.3 Å². The molecular weight excluding hydrogens is 179 g/mol. The van der Waals surface area contributed by atoms with Crippen LogP contribution in [0.4, 0.5) is 13.2 Å². The van der Waals surface area contributed by atoms with E-state index in [2.05, 4.69) is 4.98 Å². The highest BCUT2D eigenvalue weighted by atomic mass is 32.2. The molecule has 1 atom stereocenters. The van der Waals surface area contributed by atoms with E-state index in [0.29, 0.717) is 0 Å². The lowest BCUT2D eigenvalue weighted by atomic mass is 10.7. The molecule has 0 aliphatic rings. The van der Waals surface area contributed by atoms with Crippen molar-refractivity contribution in [2.24, 2.45) is 0 Å². The Morgan fingerprint density at radius 2 is 2.09 bits per heavy atom. The Balaban J connectivity index is 2.88. The van der Waals surface area contributed by atoms with Crippen LogP contribution in [-0.2, 0) is 10.8 Å². The Bertz CT molecular complexity index is 253. The molecule has 0 aromatic carbocycles. The monoisotopic (exact) mass is 183 g/mol. The van der Waals surface area contributed by atoms with Gasteiger partial charge in [-0.3, -0.25) is 0 Å². The lowest BCUT2D eigenvalue weighted by Gasteiger charge is -2.02. The zero-order chi connectivity index (χ0) is 8.48. The molecule has 2 nitrogen and oxygen atoms in total. The van der Waals surface area contributed by atoms with E-state index in [0.717, 1.165) is 6.07 Å². The summed E-state index contributed by atoms with van der Waals surface area (Å²) in [6, 6.07) is 2.49. The highest BCUT2D eigenvalue weighted by molar-refractivity contribution is 7.85. The fourth-order valence-electron chi connectivity index (χ4n) is 0.554. The lowest BCUT2D eigenvalue weighted by Crippen LogP contribution is -2.16. The SMILES string of the molecule is O=S(c1ccc[nH]1)C(F)(F)F. The molecule has 1 rings (SSSR count). The minimum atomic E-state index is -4.68. The average molecular weight is 183 g/mol. The molecular formula is C5H4F3NOS. The number of alkyl halides is 3. The van der Waals surface area contributed by atoms with E-state index >= 15 is 0 Å². The summed E-state index contributed by atoms with van der Waals surface area (Å²) < 4.78 is 45.6. The molecule has 11 heavy (non-hydrogen) atoms. The van der Waals surface area contributed by atoms with Crippen molar-refractivity contribution in [2.75, 3.05) is 0 Å². The number of hydrogen-bond acceptors (Lipinski definition) is 1. The van der Waals surface area contributed by atoms with Gasteiger partial charge in [0.1, 0.15) is 5.03 Å². The summed E-state index contributed by atoms with van der Waals surface area (Å²) in [5, 5.41) is -0.322. The van der Waals surface area contributed by atoms with Gasteiger partial charge in [0.05, 0.1) is 0 Å². The van der Waals surface area contributed by atoms with E-state index in [-0.39, 0.29) is 5.03 Å². The Labute approximate surface area is 62.9 Å². The first-order valence-electron chi connectivity index (χ1n) is 2.64. The van der Waals surface area contributed by atoms with Gasteiger partial charge in [-0.15, -0.1) is 0 Å². The Hall–Kier alpha value is -0.780. The van der Waals surface area contributed by atoms with Gasteiger partial charge < -0.3 is 4.98 Å². The summed E-state index contributed by atoms with van der Waals surface area (Å²) in [5.41, 5.74) is -4.68. The lowest BCUT2D eigenvalue weighted by molar-refractivity contribution is -0.0386. The highest BCUT2D eigenvalue weighted by Crippen LogP contribution is 2.24. The third kappa shape index (κ3) is 1.83. The fourth-order valence-corrected chi connectivity index (χ4v) is 1.18. The molecule has 0 saturated heterocycles. The van der Waals surface area contributed by atoms with Crippen molar-refractivity contribution in [1.82, 2.24) is 4.98 Å². The second kappa shape index (κ2) is 2.69. The molecule has 0 spiro atoms. The summed E-state index contributed by atoms with van der Waals surface area (Å²) >= 11 is 0. The smallest absolute Gasteiger partial charge is 0.354 e. The van der Waals surface area contributed by atoms with E-state index in [9.17, 15) is 17.4 Å². The third-order valence-corrected chi connectivity index (χ3v) is 2.05. The minimum absolute atomic E-state index is 0.322. The van der Waals surface area contributed by atoms with Crippen molar-refractivity contribution >= 4 is 10.8 Å². The van der Waals surface area contributed by atoms with E-state index in [1.807, 2.05) is 0 Å². The van der Waals surface area contributed by atoms with E-state index in [1.165, 1.54) is 12.3 Å². The van der Waals surface area contributed by atoms with E-state index in [1.54, 1.807) is 0 Å². The zero-order valence-corrected chi connectivity index (χ0v) is 6.00. The molecule has 62 valence electrons. The predicted molar refractivity (Wildman–Crippen MR) is 33.3 cm³/mol. The topological polar surface area (TPSA) is 32.9 Å². The quantitative estimate of drug-likeness (QED) is 0.705. The van der Waals surface area contributed by atoms with E-state index < -0.39 is 16.3 Å². The third-order valence-electron chi connectivity index (χ3n) is 0.979. The molecule has 0 amide bonds. The van der Waals surface area contributed by atoms with Crippen molar-refractivity contribution < 1.29 is 17.4 Å². The molecule has 1 unspecified atom stereocenters. The molecule has 0 aliphatic heterocycles. The van der Waals surface area contributed by atoms with E-state index in [4.69, 9.17) is 0 Å². The molecule has 1 N–H and O–H groups in total. The Kier molecular flexibility index (Phi) is 2.03. The second-order valence-electron chi connectivity index (χ2n) is 1.75. The van der Waals surface area contributed by atoms with Crippen LogP contribution in [0.15, 0.2) is 23.4 Å². The Morgan fingerprint density at radius 1 is 1.45 bits per heavy atom. The number of aromatic nitrogens is 1. The van der Waals surface area contributed by atoms with Gasteiger partial charge in [-0.25, -0.2) is 4.21 Å². The normalized spacial score (nSPS) is 14.8. The summed E-state index contributed by atoms with van der Waals surface area (Å²) in [4.78, 5) is 2.22. The fraction of sp³-hybridized carbons (Fsp3) is 0.200. The van der Waals surface area contributed by atoms with Crippen LogP contribution in [0.5, 0.6) is 0 Å². The van der Waals surface area contributed by atoms with Crippen LogP contribution in [0.2, 0.25) is 0 Å². The number of rotatable bonds is 1. The van der Waals surface area contributed by atoms with Gasteiger partial charge in [-0.2, -0.15) is 13.2 Å². The zero-order valence-electron chi connectivity index (χ0n) is 5.18. The van der Waals surface area contributed by atoms with Gasteiger partial charge in [0, 0.05) is 6.20 Å². The number of halogens is 3. The number of H-pyrrole nitrogens is 1. The largest absolute Gasteiger partial charge is 0.477 e. The van der Waals surface area contributed by atoms with Crippen molar-refractivity contribution in [1.29, 1.82) is 0 Å². The summed E-state index contributed by atoms with van der Waals surface area (Å²) in [7, 11) is -2.93. The number of aromatic amines is 1. The molecule has 0 fully saturated rings. The van der Waals surface area contributed by atoms with Crippen LogP contribution >= 0.6 is 0 Å². The standard InChI is InChI=1S/C5H4F3NOS/c6-5(7,8)11(10)4-2-1-3-9-4/h1-3,9H. The second-order valence-corrected chi connectivity index (χ2v) is 3.19. The maximum absolute atomic E-state index is 11.7. The highest BCUT2D eigenvalue weighted by Gasteiger charge is 2.38. The number of hydrogen-bond donors (Lipinski definition) is 1. The van der Waals surface area contributed by atoms with Crippen molar-refractivity contribution in [3.63, 3.8) is 0 Å². The first-order valence-corrected chi connectivity index (χ1v) is 3.79. The number of nitrogens with one attached hydrogen (secondary N) is 1. The molecule has 0 aliphatic carbocycles. The van der Waals surface area contributed by atoms with Gasteiger partial charge in [-0.1, -0.05) is 0 Å². The van der Waals surface area contributed by atoms with Gasteiger partial charge in [0.25, 0.3) is 0 Å². The molecule has 6 heteroatoms. The van der Waals surface area contributed by atoms with Crippen LogP contribution in [0.25, 0.3) is 0 Å². The van der Waals surface area contributed by atoms with Gasteiger partial charge in [-0.05, 0) is 12.1 Å². The molecule has 0 saturated carbocycles. The molecule has 1 aromatic rings. The van der Waals surface area contributed by atoms with Crippen LogP contribution < -0.4 is 0 Å². The Morgan fingerprint density at radius 3 is 2.45 bits per heavy atom. The average Bonchev–Trinajstić information content (AvgIpc) is 2.34. The minimum Gasteiger partial charge on any atom is -0.354 e. The predicted octanol–water partition coefficient (Wildman–Crippen LogP) is 1.64. The van der Waals surface area contributed by atoms with Crippen LogP contribution in [0, 0.1) is 0 Å².